The lowest BCUT2D eigenvalue weighted by Crippen LogP contribution is -2.36. The lowest BCUT2D eigenvalue weighted by molar-refractivity contribution is -0.146. The van der Waals surface area contributed by atoms with Crippen LogP contribution in [0.25, 0.3) is 0 Å². The van der Waals surface area contributed by atoms with Crippen LogP contribution in [0.3, 0.4) is 0 Å². The summed E-state index contributed by atoms with van der Waals surface area (Å²) in [5, 5.41) is 8.84. The third-order valence-electron chi connectivity index (χ3n) is 2.52. The zero-order chi connectivity index (χ0) is 14.3. The van der Waals surface area contributed by atoms with Crippen molar-refractivity contribution in [3.05, 3.63) is 29.8 Å². The van der Waals surface area contributed by atoms with Gasteiger partial charge in [-0.2, -0.15) is 18.4 Å². The lowest BCUT2D eigenvalue weighted by Gasteiger charge is -2.21. The van der Waals surface area contributed by atoms with Gasteiger partial charge in [0.2, 0.25) is 0 Å². The van der Waals surface area contributed by atoms with E-state index in [4.69, 9.17) is 10.00 Å². The standard InChI is InChI=1S/C13H15F3N2O/c1-2-18(10-13(14,15)16)7-8-19-12-6-4-3-5-11(12)9-17/h3-6H,2,7-8,10H2,1H3. The van der Waals surface area contributed by atoms with Crippen molar-refractivity contribution in [1.29, 1.82) is 5.26 Å². The van der Waals surface area contributed by atoms with Crippen LogP contribution in [0.4, 0.5) is 13.2 Å². The molecule has 0 bridgehead atoms. The van der Waals surface area contributed by atoms with E-state index >= 15 is 0 Å². The van der Waals surface area contributed by atoms with Crippen molar-refractivity contribution in [2.24, 2.45) is 0 Å². The Morgan fingerprint density at radius 3 is 2.58 bits per heavy atom. The molecular formula is C13H15F3N2O. The first-order chi connectivity index (χ1) is 8.96. The number of halogens is 3. The summed E-state index contributed by atoms with van der Waals surface area (Å²) in [5.74, 6) is 0.396. The second-order valence-electron chi connectivity index (χ2n) is 3.94. The topological polar surface area (TPSA) is 36.3 Å². The fourth-order valence-electron chi connectivity index (χ4n) is 1.57. The summed E-state index contributed by atoms with van der Waals surface area (Å²) in [6.45, 7) is 1.28. The summed E-state index contributed by atoms with van der Waals surface area (Å²) < 4.78 is 42.1. The molecule has 0 saturated carbocycles. The molecule has 0 spiro atoms. The van der Waals surface area contributed by atoms with Crippen molar-refractivity contribution in [2.75, 3.05) is 26.2 Å². The van der Waals surface area contributed by atoms with Gasteiger partial charge in [0.15, 0.2) is 0 Å². The van der Waals surface area contributed by atoms with Gasteiger partial charge in [-0.15, -0.1) is 0 Å². The molecule has 0 aliphatic rings. The minimum Gasteiger partial charge on any atom is -0.491 e. The van der Waals surface area contributed by atoms with E-state index in [-0.39, 0.29) is 13.2 Å². The van der Waals surface area contributed by atoms with Crippen molar-refractivity contribution in [1.82, 2.24) is 4.90 Å². The van der Waals surface area contributed by atoms with Gasteiger partial charge in [-0.25, -0.2) is 0 Å². The summed E-state index contributed by atoms with van der Waals surface area (Å²) in [4.78, 5) is 1.25. The third kappa shape index (κ3) is 5.62. The first-order valence-corrected chi connectivity index (χ1v) is 5.87. The third-order valence-corrected chi connectivity index (χ3v) is 2.52. The SMILES string of the molecule is CCN(CCOc1ccccc1C#N)CC(F)(F)F. The van der Waals surface area contributed by atoms with Gasteiger partial charge in [0.1, 0.15) is 18.4 Å². The Balaban J connectivity index is 2.47. The molecule has 0 N–H and O–H groups in total. The molecule has 0 aliphatic carbocycles. The molecule has 1 rings (SSSR count). The zero-order valence-electron chi connectivity index (χ0n) is 10.6. The number of alkyl halides is 3. The Bertz CT molecular complexity index is 440. The highest BCUT2D eigenvalue weighted by molar-refractivity contribution is 5.42. The molecule has 19 heavy (non-hydrogen) atoms. The number of benzene rings is 1. The molecule has 104 valence electrons. The Kier molecular flexibility index (Phi) is 5.64. The highest BCUT2D eigenvalue weighted by Gasteiger charge is 2.29. The monoisotopic (exact) mass is 272 g/mol. The second-order valence-corrected chi connectivity index (χ2v) is 3.94. The summed E-state index contributed by atoms with van der Waals surface area (Å²) in [7, 11) is 0. The Morgan fingerprint density at radius 1 is 1.32 bits per heavy atom. The van der Waals surface area contributed by atoms with Crippen LogP contribution in [-0.2, 0) is 0 Å². The van der Waals surface area contributed by atoms with Crippen LogP contribution in [0, 0.1) is 11.3 Å². The van der Waals surface area contributed by atoms with Gasteiger partial charge in [-0.1, -0.05) is 19.1 Å². The highest BCUT2D eigenvalue weighted by atomic mass is 19.4. The number of rotatable bonds is 6. The Labute approximate surface area is 110 Å². The van der Waals surface area contributed by atoms with Crippen molar-refractivity contribution < 1.29 is 17.9 Å². The minimum absolute atomic E-state index is 0.114. The van der Waals surface area contributed by atoms with Gasteiger partial charge < -0.3 is 4.74 Å². The first kappa shape index (κ1) is 15.3. The predicted molar refractivity (Wildman–Crippen MR) is 64.8 cm³/mol. The number of hydrogen-bond acceptors (Lipinski definition) is 3. The molecule has 0 aliphatic heterocycles. The molecule has 0 radical (unpaired) electrons. The van der Waals surface area contributed by atoms with Crippen molar-refractivity contribution in [3.63, 3.8) is 0 Å². The van der Waals surface area contributed by atoms with Crippen LogP contribution in [0.2, 0.25) is 0 Å². The molecule has 1 aromatic rings. The molecule has 0 unspecified atom stereocenters. The molecule has 0 amide bonds. The van der Waals surface area contributed by atoms with E-state index in [1.165, 1.54) is 4.90 Å². The van der Waals surface area contributed by atoms with E-state index in [2.05, 4.69) is 0 Å². The van der Waals surface area contributed by atoms with Crippen LogP contribution in [0.5, 0.6) is 5.75 Å². The van der Waals surface area contributed by atoms with Crippen LogP contribution in [-0.4, -0.2) is 37.3 Å². The quantitative estimate of drug-likeness (QED) is 0.799. The van der Waals surface area contributed by atoms with Crippen LogP contribution in [0.1, 0.15) is 12.5 Å². The normalized spacial score (nSPS) is 11.4. The lowest BCUT2D eigenvalue weighted by atomic mass is 10.2. The number of nitrogens with zero attached hydrogens (tertiary/aromatic N) is 2. The average Bonchev–Trinajstić information content (AvgIpc) is 2.36. The van der Waals surface area contributed by atoms with E-state index in [1.54, 1.807) is 31.2 Å². The van der Waals surface area contributed by atoms with Crippen LogP contribution < -0.4 is 4.74 Å². The second kappa shape index (κ2) is 7.00. The summed E-state index contributed by atoms with van der Waals surface area (Å²) in [5.41, 5.74) is 0.376. The van der Waals surface area contributed by atoms with Gasteiger partial charge in [-0.05, 0) is 18.7 Å². The molecule has 3 nitrogen and oxygen atoms in total. The summed E-state index contributed by atoms with van der Waals surface area (Å²) in [6.07, 6.45) is -4.21. The summed E-state index contributed by atoms with van der Waals surface area (Å²) >= 11 is 0. The maximum absolute atomic E-state index is 12.2. The maximum atomic E-state index is 12.2. The smallest absolute Gasteiger partial charge is 0.401 e. The molecule has 0 aromatic heterocycles. The molecular weight excluding hydrogens is 257 g/mol. The molecule has 0 heterocycles. The zero-order valence-corrected chi connectivity index (χ0v) is 10.6. The van der Waals surface area contributed by atoms with Crippen molar-refractivity contribution in [3.8, 4) is 11.8 Å². The highest BCUT2D eigenvalue weighted by Crippen LogP contribution is 2.18. The molecule has 6 heteroatoms. The predicted octanol–water partition coefficient (Wildman–Crippen LogP) is 2.82. The van der Waals surface area contributed by atoms with E-state index in [0.29, 0.717) is 17.9 Å². The van der Waals surface area contributed by atoms with E-state index in [0.717, 1.165) is 0 Å². The van der Waals surface area contributed by atoms with E-state index < -0.39 is 12.7 Å². The molecule has 0 fully saturated rings. The molecule has 1 aromatic carbocycles. The molecule has 0 atom stereocenters. The number of ether oxygens (including phenoxy) is 1. The minimum atomic E-state index is -4.21. The maximum Gasteiger partial charge on any atom is 0.401 e. The fourth-order valence-corrected chi connectivity index (χ4v) is 1.57. The van der Waals surface area contributed by atoms with Crippen molar-refractivity contribution in [2.45, 2.75) is 13.1 Å². The van der Waals surface area contributed by atoms with Gasteiger partial charge in [0, 0.05) is 6.54 Å². The summed E-state index contributed by atoms with van der Waals surface area (Å²) in [6, 6.07) is 8.60. The largest absolute Gasteiger partial charge is 0.491 e. The molecule has 0 saturated heterocycles. The first-order valence-electron chi connectivity index (χ1n) is 5.87. The van der Waals surface area contributed by atoms with Crippen molar-refractivity contribution >= 4 is 0 Å². The Morgan fingerprint density at radius 2 is 2.00 bits per heavy atom. The Hall–Kier alpha value is -1.74. The van der Waals surface area contributed by atoms with E-state index in [9.17, 15) is 13.2 Å². The van der Waals surface area contributed by atoms with Gasteiger partial charge in [0.05, 0.1) is 12.1 Å². The van der Waals surface area contributed by atoms with Gasteiger partial charge in [0.25, 0.3) is 0 Å². The van der Waals surface area contributed by atoms with Crippen LogP contribution in [0.15, 0.2) is 24.3 Å². The van der Waals surface area contributed by atoms with Gasteiger partial charge >= 0.3 is 6.18 Å². The number of para-hydroxylation sites is 1. The fraction of sp³-hybridized carbons (Fsp3) is 0.462. The number of hydrogen-bond donors (Lipinski definition) is 0. The van der Waals surface area contributed by atoms with Crippen LogP contribution >= 0.6 is 0 Å². The number of nitriles is 1. The number of likely N-dealkylation sites (N-methyl/N-ethyl adjacent to an activating group) is 1. The van der Waals surface area contributed by atoms with E-state index in [1.807, 2.05) is 6.07 Å². The van der Waals surface area contributed by atoms with Gasteiger partial charge in [-0.3, -0.25) is 4.90 Å². The average molecular weight is 272 g/mol.